The van der Waals surface area contributed by atoms with Crippen molar-refractivity contribution in [1.29, 1.82) is 0 Å². The standard InChI is InChI=1S/C26H26BrN3O2/c1-18(19-9-3-2-4-10-19)28-26(32)22-17-20(13-14-24(22)30-15-7-8-16-30)29-25(31)21-11-5-6-12-23(21)27/h2-6,9-14,17-18H,7-8,15-16H2,1H3,(H,28,32)(H,29,31). The second-order valence-corrected chi connectivity index (χ2v) is 8.82. The van der Waals surface area contributed by atoms with Gasteiger partial charge in [-0.3, -0.25) is 9.59 Å². The molecule has 2 amide bonds. The molecule has 4 rings (SSSR count). The first kappa shape index (κ1) is 22.1. The molecule has 6 heteroatoms. The Hall–Kier alpha value is -3.12. The minimum absolute atomic E-state index is 0.131. The molecule has 0 radical (unpaired) electrons. The van der Waals surface area contributed by atoms with Gasteiger partial charge in [0.05, 0.1) is 17.2 Å². The number of halogens is 1. The predicted octanol–water partition coefficient (Wildman–Crippen LogP) is 5.79. The highest BCUT2D eigenvalue weighted by Crippen LogP contribution is 2.29. The summed E-state index contributed by atoms with van der Waals surface area (Å²) < 4.78 is 0.723. The van der Waals surface area contributed by atoms with E-state index < -0.39 is 0 Å². The third-order valence-corrected chi connectivity index (χ3v) is 6.40. The van der Waals surface area contributed by atoms with Gasteiger partial charge in [0, 0.05) is 28.9 Å². The normalized spacial score (nSPS) is 14.1. The van der Waals surface area contributed by atoms with Gasteiger partial charge in [0.2, 0.25) is 0 Å². The number of nitrogens with one attached hydrogen (secondary N) is 2. The van der Waals surface area contributed by atoms with Gasteiger partial charge in [0.15, 0.2) is 0 Å². The maximum absolute atomic E-state index is 13.3. The fraction of sp³-hybridized carbons (Fsp3) is 0.231. The summed E-state index contributed by atoms with van der Waals surface area (Å²) in [5.74, 6) is -0.379. The summed E-state index contributed by atoms with van der Waals surface area (Å²) in [6, 6.07) is 22.6. The summed E-state index contributed by atoms with van der Waals surface area (Å²) in [4.78, 5) is 28.3. The third-order valence-electron chi connectivity index (χ3n) is 5.71. The number of amides is 2. The lowest BCUT2D eigenvalue weighted by atomic mass is 10.1. The molecule has 0 saturated carbocycles. The molecule has 1 unspecified atom stereocenters. The first-order valence-corrected chi connectivity index (χ1v) is 11.6. The highest BCUT2D eigenvalue weighted by atomic mass is 79.9. The van der Waals surface area contributed by atoms with Gasteiger partial charge in [-0.15, -0.1) is 0 Å². The van der Waals surface area contributed by atoms with Crippen molar-refractivity contribution < 1.29 is 9.59 Å². The molecule has 5 nitrogen and oxygen atoms in total. The van der Waals surface area contributed by atoms with E-state index in [0.717, 1.165) is 41.7 Å². The van der Waals surface area contributed by atoms with E-state index in [1.165, 1.54) is 0 Å². The summed E-state index contributed by atoms with van der Waals surface area (Å²) in [5, 5.41) is 6.04. The Bertz CT molecular complexity index is 1110. The number of hydrogen-bond acceptors (Lipinski definition) is 3. The van der Waals surface area contributed by atoms with Crippen LogP contribution >= 0.6 is 15.9 Å². The zero-order valence-corrected chi connectivity index (χ0v) is 19.6. The lowest BCUT2D eigenvalue weighted by molar-refractivity contribution is 0.0939. The van der Waals surface area contributed by atoms with E-state index in [2.05, 4.69) is 31.5 Å². The van der Waals surface area contributed by atoms with Crippen LogP contribution in [0.3, 0.4) is 0 Å². The highest BCUT2D eigenvalue weighted by Gasteiger charge is 2.22. The van der Waals surface area contributed by atoms with Crippen molar-refractivity contribution in [1.82, 2.24) is 5.32 Å². The van der Waals surface area contributed by atoms with Gasteiger partial charge in [0.25, 0.3) is 11.8 Å². The number of hydrogen-bond donors (Lipinski definition) is 2. The number of benzene rings is 3. The monoisotopic (exact) mass is 491 g/mol. The summed E-state index contributed by atoms with van der Waals surface area (Å²) in [5.41, 5.74) is 3.65. The van der Waals surface area contributed by atoms with E-state index in [1.807, 2.05) is 67.6 Å². The Kier molecular flexibility index (Phi) is 6.90. The molecule has 0 spiro atoms. The van der Waals surface area contributed by atoms with E-state index in [9.17, 15) is 9.59 Å². The minimum Gasteiger partial charge on any atom is -0.371 e. The van der Waals surface area contributed by atoms with Crippen LogP contribution in [0, 0.1) is 0 Å². The van der Waals surface area contributed by atoms with Gasteiger partial charge in [-0.25, -0.2) is 0 Å². The quantitative estimate of drug-likeness (QED) is 0.458. The van der Waals surface area contributed by atoms with Gasteiger partial charge in [0.1, 0.15) is 0 Å². The molecule has 1 atom stereocenters. The number of rotatable bonds is 6. The molecule has 0 aliphatic carbocycles. The fourth-order valence-electron chi connectivity index (χ4n) is 3.97. The number of anilines is 2. The van der Waals surface area contributed by atoms with Crippen LogP contribution in [0.15, 0.2) is 77.3 Å². The number of carbonyl (C=O) groups excluding carboxylic acids is 2. The van der Waals surface area contributed by atoms with E-state index in [1.54, 1.807) is 12.1 Å². The molecule has 2 N–H and O–H groups in total. The predicted molar refractivity (Wildman–Crippen MR) is 132 cm³/mol. The van der Waals surface area contributed by atoms with Crippen LogP contribution in [0.5, 0.6) is 0 Å². The maximum Gasteiger partial charge on any atom is 0.256 e. The Morgan fingerprint density at radius 1 is 0.875 bits per heavy atom. The molecule has 32 heavy (non-hydrogen) atoms. The second kappa shape index (κ2) is 10.0. The average Bonchev–Trinajstić information content (AvgIpc) is 3.34. The van der Waals surface area contributed by atoms with Crippen LogP contribution in [-0.2, 0) is 0 Å². The van der Waals surface area contributed by atoms with Crippen molar-refractivity contribution in [3.05, 3.63) is 94.0 Å². The molecule has 164 valence electrons. The zero-order chi connectivity index (χ0) is 22.5. The Labute approximate surface area is 197 Å². The Balaban J connectivity index is 1.60. The molecule has 1 heterocycles. The van der Waals surface area contributed by atoms with E-state index >= 15 is 0 Å². The van der Waals surface area contributed by atoms with Gasteiger partial charge in [-0.2, -0.15) is 0 Å². The molecule has 3 aromatic rings. The van der Waals surface area contributed by atoms with Gasteiger partial charge in [-0.05, 0) is 71.6 Å². The van der Waals surface area contributed by atoms with Crippen LogP contribution in [0.4, 0.5) is 11.4 Å². The van der Waals surface area contributed by atoms with Gasteiger partial charge in [-0.1, -0.05) is 42.5 Å². The van der Waals surface area contributed by atoms with Crippen molar-refractivity contribution in [3.8, 4) is 0 Å². The van der Waals surface area contributed by atoms with E-state index in [4.69, 9.17) is 0 Å². The van der Waals surface area contributed by atoms with Crippen LogP contribution in [-0.4, -0.2) is 24.9 Å². The number of carbonyl (C=O) groups is 2. The summed E-state index contributed by atoms with van der Waals surface area (Å²) in [7, 11) is 0. The van der Waals surface area contributed by atoms with Crippen LogP contribution in [0.25, 0.3) is 0 Å². The van der Waals surface area contributed by atoms with Crippen LogP contribution in [0.2, 0.25) is 0 Å². The first-order valence-electron chi connectivity index (χ1n) is 10.8. The average molecular weight is 492 g/mol. The zero-order valence-electron chi connectivity index (χ0n) is 18.0. The summed E-state index contributed by atoms with van der Waals surface area (Å²) in [6.45, 7) is 3.83. The SMILES string of the molecule is CC(NC(=O)c1cc(NC(=O)c2ccccc2Br)ccc1N1CCCC1)c1ccccc1. The third kappa shape index (κ3) is 5.02. The molecule has 3 aromatic carbocycles. The Morgan fingerprint density at radius 2 is 1.56 bits per heavy atom. The largest absolute Gasteiger partial charge is 0.371 e. The van der Waals surface area contributed by atoms with Crippen molar-refractivity contribution in [3.63, 3.8) is 0 Å². The molecular weight excluding hydrogens is 466 g/mol. The maximum atomic E-state index is 13.3. The topological polar surface area (TPSA) is 61.4 Å². The molecule has 1 saturated heterocycles. The Morgan fingerprint density at radius 3 is 2.28 bits per heavy atom. The molecule has 1 fully saturated rings. The molecule has 1 aliphatic heterocycles. The van der Waals surface area contributed by atoms with Crippen LogP contribution in [0.1, 0.15) is 52.1 Å². The van der Waals surface area contributed by atoms with Gasteiger partial charge < -0.3 is 15.5 Å². The first-order chi connectivity index (χ1) is 15.5. The minimum atomic E-state index is -0.226. The van der Waals surface area contributed by atoms with Crippen molar-refractivity contribution >= 4 is 39.1 Å². The molecule has 0 bridgehead atoms. The summed E-state index contributed by atoms with van der Waals surface area (Å²) in [6.07, 6.45) is 2.23. The smallest absolute Gasteiger partial charge is 0.256 e. The molecule has 0 aromatic heterocycles. The van der Waals surface area contributed by atoms with Gasteiger partial charge >= 0.3 is 0 Å². The van der Waals surface area contributed by atoms with E-state index in [0.29, 0.717) is 16.8 Å². The molecule has 1 aliphatic rings. The summed E-state index contributed by atoms with van der Waals surface area (Å²) >= 11 is 3.42. The van der Waals surface area contributed by atoms with Crippen molar-refractivity contribution in [2.45, 2.75) is 25.8 Å². The van der Waals surface area contributed by atoms with E-state index in [-0.39, 0.29) is 17.9 Å². The van der Waals surface area contributed by atoms with Crippen LogP contribution < -0.4 is 15.5 Å². The lowest BCUT2D eigenvalue weighted by Gasteiger charge is -2.23. The highest BCUT2D eigenvalue weighted by molar-refractivity contribution is 9.10. The lowest BCUT2D eigenvalue weighted by Crippen LogP contribution is -2.29. The second-order valence-electron chi connectivity index (χ2n) is 7.97. The van der Waals surface area contributed by atoms with Crippen molar-refractivity contribution in [2.75, 3.05) is 23.3 Å². The van der Waals surface area contributed by atoms with Crippen molar-refractivity contribution in [2.24, 2.45) is 0 Å². The number of nitrogens with zero attached hydrogens (tertiary/aromatic N) is 1. The molecular formula is C26H26BrN3O2. The fourth-order valence-corrected chi connectivity index (χ4v) is 4.44.